The first kappa shape index (κ1) is 24.2. The molecule has 6 nitrogen and oxygen atoms in total. The molecule has 0 bridgehead atoms. The molecule has 0 radical (unpaired) electrons. The molecule has 6 heteroatoms. The Bertz CT molecular complexity index is 1100. The lowest BCUT2D eigenvalue weighted by Gasteiger charge is -2.47. The number of nitrogens with two attached hydrogens (primary N) is 1. The number of allylic oxidation sites excluding steroid dienone is 4. The Morgan fingerprint density at radius 3 is 2.30 bits per heavy atom. The summed E-state index contributed by atoms with van der Waals surface area (Å²) in [4.78, 5) is 0. The van der Waals surface area contributed by atoms with E-state index in [1.165, 1.54) is 0 Å². The van der Waals surface area contributed by atoms with Gasteiger partial charge < -0.3 is 15.2 Å². The second kappa shape index (κ2) is 8.84. The van der Waals surface area contributed by atoms with Crippen LogP contribution in [0.15, 0.2) is 41.1 Å². The molecule has 172 valence electrons. The van der Waals surface area contributed by atoms with Gasteiger partial charge in [-0.25, -0.2) is 0 Å². The Kier molecular flexibility index (Phi) is 6.49. The monoisotopic (exact) mass is 444 g/mol. The summed E-state index contributed by atoms with van der Waals surface area (Å²) < 4.78 is 11.5. The SMILES string of the molecule is COc1cc(C2[C@H]3CC(C(C)(C)C)CC=C3C(C#N)=C(N)C2(C#N)C#N)ccc1OC(C)C. The number of nitrogens with zero attached hydrogens (tertiary/aromatic N) is 3. The van der Waals surface area contributed by atoms with E-state index in [-0.39, 0.29) is 28.7 Å². The number of nitriles is 3. The molecule has 2 N–H and O–H groups in total. The number of hydrogen-bond acceptors (Lipinski definition) is 6. The minimum atomic E-state index is -1.65. The van der Waals surface area contributed by atoms with Crippen molar-refractivity contribution in [3.8, 4) is 29.7 Å². The number of fused-ring (bicyclic) bond motifs is 1. The maximum atomic E-state index is 10.3. The van der Waals surface area contributed by atoms with Crippen LogP contribution in [-0.2, 0) is 0 Å². The zero-order chi connectivity index (χ0) is 24.6. The van der Waals surface area contributed by atoms with Gasteiger partial charge >= 0.3 is 0 Å². The first-order valence-corrected chi connectivity index (χ1v) is 11.3. The lowest BCUT2D eigenvalue weighted by molar-refractivity contribution is 0.170. The topological polar surface area (TPSA) is 116 Å². The number of rotatable bonds is 4. The van der Waals surface area contributed by atoms with Gasteiger partial charge in [-0.2, -0.15) is 15.8 Å². The highest BCUT2D eigenvalue weighted by atomic mass is 16.5. The highest BCUT2D eigenvalue weighted by Gasteiger charge is 2.55. The Morgan fingerprint density at radius 1 is 1.12 bits per heavy atom. The summed E-state index contributed by atoms with van der Waals surface area (Å²) in [5.74, 6) is 0.746. The van der Waals surface area contributed by atoms with Crippen LogP contribution in [0.3, 0.4) is 0 Å². The van der Waals surface area contributed by atoms with Gasteiger partial charge in [-0.1, -0.05) is 32.9 Å². The van der Waals surface area contributed by atoms with Gasteiger partial charge in [0.25, 0.3) is 0 Å². The van der Waals surface area contributed by atoms with Gasteiger partial charge in [-0.15, -0.1) is 0 Å². The summed E-state index contributed by atoms with van der Waals surface area (Å²) in [5.41, 5.74) is 6.76. The van der Waals surface area contributed by atoms with E-state index in [0.717, 1.165) is 24.0 Å². The third-order valence-corrected chi connectivity index (χ3v) is 7.01. The Hall–Kier alpha value is -3.43. The first-order chi connectivity index (χ1) is 15.5. The third-order valence-electron chi connectivity index (χ3n) is 7.01. The van der Waals surface area contributed by atoms with E-state index in [9.17, 15) is 15.8 Å². The molecule has 3 rings (SSSR count). The third kappa shape index (κ3) is 4.05. The van der Waals surface area contributed by atoms with E-state index in [4.69, 9.17) is 15.2 Å². The van der Waals surface area contributed by atoms with Crippen LogP contribution in [0.4, 0.5) is 0 Å². The zero-order valence-corrected chi connectivity index (χ0v) is 20.3. The molecule has 0 spiro atoms. The van der Waals surface area contributed by atoms with Crippen molar-refractivity contribution < 1.29 is 9.47 Å². The summed E-state index contributed by atoms with van der Waals surface area (Å²) in [6, 6.07) is 12.2. The van der Waals surface area contributed by atoms with Crippen molar-refractivity contribution in [3.05, 3.63) is 46.7 Å². The summed E-state index contributed by atoms with van der Waals surface area (Å²) in [6.45, 7) is 10.5. The lowest BCUT2D eigenvalue weighted by Crippen LogP contribution is -2.44. The van der Waals surface area contributed by atoms with Crippen molar-refractivity contribution in [3.63, 3.8) is 0 Å². The van der Waals surface area contributed by atoms with Gasteiger partial charge in [0.15, 0.2) is 16.9 Å². The van der Waals surface area contributed by atoms with E-state index >= 15 is 0 Å². The summed E-state index contributed by atoms with van der Waals surface area (Å²) in [5, 5.41) is 30.5. The smallest absolute Gasteiger partial charge is 0.191 e. The number of hydrogen-bond donors (Lipinski definition) is 1. The normalized spacial score (nSPS) is 24.1. The zero-order valence-electron chi connectivity index (χ0n) is 20.3. The molecule has 2 aliphatic rings. The summed E-state index contributed by atoms with van der Waals surface area (Å²) in [6.07, 6.45) is 3.65. The molecule has 0 heterocycles. The van der Waals surface area contributed by atoms with Crippen molar-refractivity contribution >= 4 is 0 Å². The minimum Gasteiger partial charge on any atom is -0.493 e. The summed E-state index contributed by atoms with van der Waals surface area (Å²) in [7, 11) is 1.57. The fourth-order valence-corrected chi connectivity index (χ4v) is 5.20. The molecule has 0 fully saturated rings. The molecule has 1 aromatic rings. The minimum absolute atomic E-state index is 0.0334. The van der Waals surface area contributed by atoms with E-state index in [1.807, 2.05) is 32.0 Å². The second-order valence-electron chi connectivity index (χ2n) is 10.3. The highest BCUT2D eigenvalue weighted by molar-refractivity contribution is 5.60. The van der Waals surface area contributed by atoms with Gasteiger partial charge in [-0.3, -0.25) is 0 Å². The van der Waals surface area contributed by atoms with Crippen LogP contribution in [0.25, 0.3) is 0 Å². The maximum Gasteiger partial charge on any atom is 0.191 e. The van der Waals surface area contributed by atoms with Crippen LogP contribution >= 0.6 is 0 Å². The molecule has 3 atom stereocenters. The average Bonchev–Trinajstić information content (AvgIpc) is 2.77. The lowest BCUT2D eigenvalue weighted by atomic mass is 9.54. The van der Waals surface area contributed by atoms with Crippen LogP contribution in [0, 0.1) is 56.7 Å². The Balaban J connectivity index is 2.27. The molecule has 33 heavy (non-hydrogen) atoms. The molecule has 0 saturated heterocycles. The molecule has 0 aromatic heterocycles. The van der Waals surface area contributed by atoms with Crippen molar-refractivity contribution in [2.45, 2.75) is 59.5 Å². The number of methoxy groups -OCH3 is 1. The van der Waals surface area contributed by atoms with Gasteiger partial charge in [0.2, 0.25) is 0 Å². The van der Waals surface area contributed by atoms with Crippen LogP contribution < -0.4 is 15.2 Å². The molecule has 2 unspecified atom stereocenters. The largest absolute Gasteiger partial charge is 0.493 e. The summed E-state index contributed by atoms with van der Waals surface area (Å²) >= 11 is 0. The average molecular weight is 445 g/mol. The van der Waals surface area contributed by atoms with Crippen molar-refractivity contribution in [2.75, 3.05) is 7.11 Å². The second-order valence-corrected chi connectivity index (χ2v) is 10.3. The first-order valence-electron chi connectivity index (χ1n) is 11.3. The molecule has 1 aromatic carbocycles. The molecular formula is C27H32N4O2. The Morgan fingerprint density at radius 2 is 1.79 bits per heavy atom. The van der Waals surface area contributed by atoms with E-state index in [1.54, 1.807) is 7.11 Å². The predicted octanol–water partition coefficient (Wildman–Crippen LogP) is 5.35. The molecule has 0 amide bonds. The predicted molar refractivity (Wildman–Crippen MR) is 126 cm³/mol. The van der Waals surface area contributed by atoms with E-state index in [0.29, 0.717) is 17.4 Å². The molecule has 2 aliphatic carbocycles. The fraction of sp³-hybridized carbons (Fsp3) is 0.519. The fourth-order valence-electron chi connectivity index (χ4n) is 5.20. The number of ether oxygens (including phenoxy) is 2. The van der Waals surface area contributed by atoms with Crippen LogP contribution in [0.5, 0.6) is 11.5 Å². The molecular weight excluding hydrogens is 412 g/mol. The van der Waals surface area contributed by atoms with E-state index in [2.05, 4.69) is 45.1 Å². The van der Waals surface area contributed by atoms with Crippen molar-refractivity contribution in [1.29, 1.82) is 15.8 Å². The molecule has 0 aliphatic heterocycles. The van der Waals surface area contributed by atoms with Crippen LogP contribution in [0.1, 0.15) is 58.9 Å². The Labute approximate surface area is 196 Å². The van der Waals surface area contributed by atoms with E-state index < -0.39 is 11.3 Å². The van der Waals surface area contributed by atoms with Crippen LogP contribution in [-0.4, -0.2) is 13.2 Å². The standard InChI is InChI=1S/C27H32N4O2/c1-16(2)33-22-10-7-17(11-23(22)32-6)24-20-12-18(26(3,4)5)8-9-19(20)21(13-28)25(31)27(24,14-29)15-30/h7,9-11,16,18,20,24H,8,12,31H2,1-6H3/t18?,20-,24?/m0/s1. The maximum absolute atomic E-state index is 10.3. The highest BCUT2D eigenvalue weighted by Crippen LogP contribution is 2.58. The molecule has 0 saturated carbocycles. The number of benzene rings is 1. The van der Waals surface area contributed by atoms with Crippen molar-refractivity contribution in [2.24, 2.45) is 28.4 Å². The van der Waals surface area contributed by atoms with Gasteiger partial charge in [0, 0.05) is 5.92 Å². The van der Waals surface area contributed by atoms with Gasteiger partial charge in [0.05, 0.1) is 36.6 Å². The van der Waals surface area contributed by atoms with Crippen molar-refractivity contribution in [1.82, 2.24) is 0 Å². The van der Waals surface area contributed by atoms with Gasteiger partial charge in [-0.05, 0) is 67.2 Å². The quantitative estimate of drug-likeness (QED) is 0.669. The van der Waals surface area contributed by atoms with Gasteiger partial charge in [0.1, 0.15) is 6.07 Å². The van der Waals surface area contributed by atoms with Crippen LogP contribution in [0.2, 0.25) is 0 Å².